The molecule has 0 saturated heterocycles. The molecule has 0 aliphatic carbocycles. The molecular formula is C7H14O3. The number of carbonyl (C=O) groups is 1. The number of carboxylic acids is 1. The summed E-state index contributed by atoms with van der Waals surface area (Å²) in [7, 11) is 0. The molecule has 10 heavy (non-hydrogen) atoms. The van der Waals surface area contributed by atoms with Crippen LogP contribution in [-0.2, 0) is 4.79 Å². The maximum Gasteiger partial charge on any atom is 0.300 e. The Kier molecular flexibility index (Phi) is 5.95. The van der Waals surface area contributed by atoms with E-state index in [4.69, 9.17) is 15.0 Å². The number of carboxylic acid groups (broad SMARTS) is 1. The zero-order chi connectivity index (χ0) is 8.78. The van der Waals surface area contributed by atoms with E-state index in [-0.39, 0.29) is 0 Å². The maximum absolute atomic E-state index is 9.00. The summed E-state index contributed by atoms with van der Waals surface area (Å²) in [4.78, 5) is 9.00. The predicted octanol–water partition coefficient (Wildman–Crippen LogP) is 1.03. The molecule has 0 aromatic carbocycles. The Hall–Kier alpha value is -0.830. The average molecular weight is 146 g/mol. The van der Waals surface area contributed by atoms with Gasteiger partial charge in [-0.3, -0.25) is 4.79 Å². The van der Waals surface area contributed by atoms with Crippen molar-refractivity contribution in [2.45, 2.75) is 26.4 Å². The molecule has 0 aliphatic heterocycles. The molecule has 2 N–H and O–H groups in total. The minimum absolute atomic E-state index is 0.694. The molecule has 60 valence electrons. The van der Waals surface area contributed by atoms with Gasteiger partial charge >= 0.3 is 0 Å². The number of aliphatic hydroxyl groups is 1. The fourth-order valence-corrected chi connectivity index (χ4v) is 0. The summed E-state index contributed by atoms with van der Waals surface area (Å²) in [5.74, 6) is -0.833. The molecule has 0 aliphatic rings. The van der Waals surface area contributed by atoms with Crippen molar-refractivity contribution in [2.75, 3.05) is 0 Å². The number of hydrogen-bond donors (Lipinski definition) is 2. The van der Waals surface area contributed by atoms with Gasteiger partial charge < -0.3 is 10.2 Å². The lowest BCUT2D eigenvalue weighted by molar-refractivity contribution is -0.134. The van der Waals surface area contributed by atoms with Gasteiger partial charge in [-0.05, 0) is 13.8 Å². The van der Waals surface area contributed by atoms with Crippen LogP contribution in [0.25, 0.3) is 0 Å². The molecule has 0 saturated carbocycles. The second-order valence-electron chi connectivity index (χ2n) is 2.38. The molecule has 3 heteroatoms. The Balaban J connectivity index is 0. The third kappa shape index (κ3) is 58.0. The highest BCUT2D eigenvalue weighted by molar-refractivity contribution is 5.62. The summed E-state index contributed by atoms with van der Waals surface area (Å²) in [5.41, 5.74) is -0.694. The molecule has 3 nitrogen and oxygen atoms in total. The van der Waals surface area contributed by atoms with Crippen molar-refractivity contribution in [1.29, 1.82) is 0 Å². The summed E-state index contributed by atoms with van der Waals surface area (Å²) in [6.45, 7) is 7.83. The molecule has 0 heterocycles. The van der Waals surface area contributed by atoms with Gasteiger partial charge in [0.2, 0.25) is 0 Å². The first kappa shape index (κ1) is 11.9. The fraction of sp³-hybridized carbons (Fsp3) is 0.571. The molecule has 0 aromatic heterocycles. The van der Waals surface area contributed by atoms with Crippen LogP contribution in [0.3, 0.4) is 0 Å². The lowest BCUT2D eigenvalue weighted by atomic mass is 10.1. The molecule has 0 amide bonds. The minimum atomic E-state index is -0.833. The first-order chi connectivity index (χ1) is 4.29. The van der Waals surface area contributed by atoms with Crippen LogP contribution < -0.4 is 0 Å². The SMILES string of the molecule is C=CC(C)(C)O.CC(=O)O. The van der Waals surface area contributed by atoms with E-state index in [0.29, 0.717) is 0 Å². The van der Waals surface area contributed by atoms with Crippen molar-refractivity contribution >= 4 is 5.97 Å². The van der Waals surface area contributed by atoms with E-state index in [1.165, 1.54) is 6.08 Å². The smallest absolute Gasteiger partial charge is 0.300 e. The van der Waals surface area contributed by atoms with E-state index in [0.717, 1.165) is 6.92 Å². The van der Waals surface area contributed by atoms with E-state index in [1.807, 2.05) is 0 Å². The van der Waals surface area contributed by atoms with E-state index < -0.39 is 11.6 Å². The third-order valence-electron chi connectivity index (χ3n) is 0.500. The van der Waals surface area contributed by atoms with Gasteiger partial charge in [-0.15, -0.1) is 6.58 Å². The molecule has 0 fully saturated rings. The van der Waals surface area contributed by atoms with Gasteiger partial charge in [-0.2, -0.15) is 0 Å². The molecule has 0 aromatic rings. The maximum atomic E-state index is 9.00. The van der Waals surface area contributed by atoms with Crippen LogP contribution in [0.5, 0.6) is 0 Å². The number of aliphatic carboxylic acids is 1. The van der Waals surface area contributed by atoms with E-state index in [1.54, 1.807) is 13.8 Å². The van der Waals surface area contributed by atoms with Crippen LogP contribution in [0.1, 0.15) is 20.8 Å². The van der Waals surface area contributed by atoms with Gasteiger partial charge in [0.25, 0.3) is 5.97 Å². The van der Waals surface area contributed by atoms with E-state index in [2.05, 4.69) is 6.58 Å². The van der Waals surface area contributed by atoms with Crippen molar-refractivity contribution in [1.82, 2.24) is 0 Å². The predicted molar refractivity (Wildman–Crippen MR) is 39.8 cm³/mol. The van der Waals surface area contributed by atoms with Crippen molar-refractivity contribution in [3.8, 4) is 0 Å². The highest BCUT2D eigenvalue weighted by atomic mass is 16.4. The summed E-state index contributed by atoms with van der Waals surface area (Å²) < 4.78 is 0. The highest BCUT2D eigenvalue weighted by Gasteiger charge is 2.02. The van der Waals surface area contributed by atoms with Crippen molar-refractivity contribution in [2.24, 2.45) is 0 Å². The lowest BCUT2D eigenvalue weighted by Crippen LogP contribution is -2.12. The first-order valence-corrected chi connectivity index (χ1v) is 2.85. The second kappa shape index (κ2) is 4.99. The Morgan fingerprint density at radius 1 is 1.60 bits per heavy atom. The summed E-state index contributed by atoms with van der Waals surface area (Å²) in [6, 6.07) is 0. The molecule has 0 radical (unpaired) electrons. The topological polar surface area (TPSA) is 57.5 Å². The molecule has 0 spiro atoms. The van der Waals surface area contributed by atoms with Gasteiger partial charge in [-0.1, -0.05) is 6.08 Å². The fourth-order valence-electron chi connectivity index (χ4n) is 0. The monoisotopic (exact) mass is 146 g/mol. The van der Waals surface area contributed by atoms with E-state index in [9.17, 15) is 0 Å². The van der Waals surface area contributed by atoms with Gasteiger partial charge in [0.15, 0.2) is 0 Å². The largest absolute Gasteiger partial charge is 0.481 e. The molecular weight excluding hydrogens is 132 g/mol. The second-order valence-corrected chi connectivity index (χ2v) is 2.38. The van der Waals surface area contributed by atoms with Gasteiger partial charge in [0.05, 0.1) is 5.60 Å². The highest BCUT2D eigenvalue weighted by Crippen LogP contribution is 1.98. The van der Waals surface area contributed by atoms with Crippen molar-refractivity contribution in [3.63, 3.8) is 0 Å². The molecule has 0 unspecified atom stereocenters. The molecule has 0 bridgehead atoms. The quantitative estimate of drug-likeness (QED) is 0.543. The first-order valence-electron chi connectivity index (χ1n) is 2.85. The Bertz CT molecular complexity index is 107. The van der Waals surface area contributed by atoms with Crippen molar-refractivity contribution < 1.29 is 15.0 Å². The van der Waals surface area contributed by atoms with Crippen LogP contribution >= 0.6 is 0 Å². The van der Waals surface area contributed by atoms with Crippen LogP contribution in [0.15, 0.2) is 12.7 Å². The zero-order valence-electron chi connectivity index (χ0n) is 6.59. The van der Waals surface area contributed by atoms with Crippen LogP contribution in [0, 0.1) is 0 Å². The lowest BCUT2D eigenvalue weighted by Gasteiger charge is -2.07. The van der Waals surface area contributed by atoms with Gasteiger partial charge in [-0.25, -0.2) is 0 Å². The summed E-state index contributed by atoms with van der Waals surface area (Å²) in [5, 5.41) is 16.1. The van der Waals surface area contributed by atoms with Crippen LogP contribution in [-0.4, -0.2) is 21.8 Å². The summed E-state index contributed by atoms with van der Waals surface area (Å²) >= 11 is 0. The number of rotatable bonds is 1. The third-order valence-corrected chi connectivity index (χ3v) is 0.500. The van der Waals surface area contributed by atoms with Crippen molar-refractivity contribution in [3.05, 3.63) is 12.7 Å². The van der Waals surface area contributed by atoms with Crippen LogP contribution in [0.4, 0.5) is 0 Å². The Morgan fingerprint density at radius 3 is 1.70 bits per heavy atom. The summed E-state index contributed by atoms with van der Waals surface area (Å²) in [6.07, 6.45) is 1.49. The normalized spacial score (nSPS) is 9.20. The molecule has 0 rings (SSSR count). The minimum Gasteiger partial charge on any atom is -0.481 e. The van der Waals surface area contributed by atoms with Crippen LogP contribution in [0.2, 0.25) is 0 Å². The Morgan fingerprint density at radius 2 is 1.70 bits per heavy atom. The Labute approximate surface area is 61.0 Å². The zero-order valence-corrected chi connectivity index (χ0v) is 6.59. The standard InChI is InChI=1S/C5H10O.C2H4O2/c1-4-5(2,3)6;1-2(3)4/h4,6H,1H2,2-3H3;1H3,(H,3,4). The average Bonchev–Trinajstić information content (AvgIpc) is 1.63. The van der Waals surface area contributed by atoms with Gasteiger partial charge in [0.1, 0.15) is 0 Å². The number of hydrogen-bond acceptors (Lipinski definition) is 2. The van der Waals surface area contributed by atoms with Gasteiger partial charge in [0, 0.05) is 6.92 Å². The van der Waals surface area contributed by atoms with E-state index >= 15 is 0 Å². The molecule has 0 atom stereocenters.